The zero-order valence-electron chi connectivity index (χ0n) is 13.0. The van der Waals surface area contributed by atoms with Crippen molar-refractivity contribution in [3.05, 3.63) is 16.1 Å². The van der Waals surface area contributed by atoms with Crippen LogP contribution < -0.4 is 0 Å². The first-order valence-electron chi connectivity index (χ1n) is 7.74. The molecule has 2 fully saturated rings. The number of thiazole rings is 1. The van der Waals surface area contributed by atoms with E-state index >= 15 is 0 Å². The molecule has 0 aromatic carbocycles. The van der Waals surface area contributed by atoms with Crippen molar-refractivity contribution >= 4 is 11.3 Å². The Kier molecular flexibility index (Phi) is 5.24. The lowest BCUT2D eigenvalue weighted by Crippen LogP contribution is -2.60. The normalized spacial score (nSPS) is 27.7. The summed E-state index contributed by atoms with van der Waals surface area (Å²) in [5.74, 6) is 0. The zero-order valence-corrected chi connectivity index (χ0v) is 13.8. The molecule has 5 nitrogen and oxygen atoms in total. The minimum Gasteiger partial charge on any atom is -0.383 e. The third-order valence-corrected chi connectivity index (χ3v) is 5.50. The number of ether oxygens (including phenoxy) is 2. The van der Waals surface area contributed by atoms with Gasteiger partial charge in [-0.25, -0.2) is 4.98 Å². The molecule has 1 aromatic rings. The van der Waals surface area contributed by atoms with Crippen LogP contribution in [0.4, 0.5) is 0 Å². The average Bonchev–Trinajstić information content (AvgIpc) is 2.90. The number of hydrogen-bond donors (Lipinski definition) is 0. The van der Waals surface area contributed by atoms with Gasteiger partial charge in [-0.15, -0.1) is 11.3 Å². The first kappa shape index (κ1) is 15.4. The summed E-state index contributed by atoms with van der Waals surface area (Å²) in [5, 5.41) is 0. The molecule has 0 spiro atoms. The second-order valence-electron chi connectivity index (χ2n) is 5.89. The maximum Gasteiger partial charge on any atom is 0.0798 e. The SMILES string of the molecule is COCCN1CCO[C@@H]2CCN(Cc3scnc3C)C[C@H]21. The molecule has 0 N–H and O–H groups in total. The number of likely N-dealkylation sites (tertiary alicyclic amines) is 1. The molecule has 0 radical (unpaired) electrons. The van der Waals surface area contributed by atoms with E-state index in [1.54, 1.807) is 18.4 Å². The van der Waals surface area contributed by atoms with E-state index in [2.05, 4.69) is 21.7 Å². The molecule has 21 heavy (non-hydrogen) atoms. The van der Waals surface area contributed by atoms with Crippen molar-refractivity contribution in [1.82, 2.24) is 14.8 Å². The number of morpholine rings is 1. The number of aromatic nitrogens is 1. The smallest absolute Gasteiger partial charge is 0.0798 e. The molecule has 0 unspecified atom stereocenters. The summed E-state index contributed by atoms with van der Waals surface area (Å²) in [6, 6.07) is 0.510. The highest BCUT2D eigenvalue weighted by Gasteiger charge is 2.36. The lowest BCUT2D eigenvalue weighted by atomic mass is 9.98. The van der Waals surface area contributed by atoms with Crippen LogP contribution in [0.1, 0.15) is 17.0 Å². The first-order valence-corrected chi connectivity index (χ1v) is 8.62. The number of methoxy groups -OCH3 is 1. The number of hydrogen-bond acceptors (Lipinski definition) is 6. The summed E-state index contributed by atoms with van der Waals surface area (Å²) < 4.78 is 11.2. The standard InChI is InChI=1S/C15H25N3O2S/c1-12-15(21-11-16-12)10-17-4-3-14-13(9-17)18(5-7-19-2)6-8-20-14/h11,13-14H,3-10H2,1-2H3/t13-,14-/m1/s1. The van der Waals surface area contributed by atoms with Gasteiger partial charge in [0.25, 0.3) is 0 Å². The van der Waals surface area contributed by atoms with Crippen molar-refractivity contribution in [2.24, 2.45) is 0 Å². The fraction of sp³-hybridized carbons (Fsp3) is 0.800. The Bertz CT molecular complexity index is 454. The molecule has 2 aliphatic heterocycles. The second-order valence-corrected chi connectivity index (χ2v) is 6.83. The monoisotopic (exact) mass is 311 g/mol. The summed E-state index contributed by atoms with van der Waals surface area (Å²) in [6.45, 7) is 9.04. The van der Waals surface area contributed by atoms with Crippen LogP contribution in [0, 0.1) is 6.92 Å². The maximum absolute atomic E-state index is 5.98. The van der Waals surface area contributed by atoms with Crippen molar-refractivity contribution in [2.45, 2.75) is 32.0 Å². The van der Waals surface area contributed by atoms with Crippen molar-refractivity contribution in [1.29, 1.82) is 0 Å². The molecule has 0 amide bonds. The second kappa shape index (κ2) is 7.15. The molecule has 2 aliphatic rings. The van der Waals surface area contributed by atoms with Crippen molar-refractivity contribution in [2.75, 3.05) is 46.5 Å². The first-order chi connectivity index (χ1) is 10.3. The van der Waals surface area contributed by atoms with E-state index in [1.165, 1.54) is 10.6 Å². The predicted molar refractivity (Wildman–Crippen MR) is 83.7 cm³/mol. The molecule has 3 rings (SSSR count). The molecular formula is C15H25N3O2S. The van der Waals surface area contributed by atoms with Gasteiger partial charge in [0.05, 0.1) is 30.5 Å². The van der Waals surface area contributed by atoms with E-state index in [1.807, 2.05) is 5.51 Å². The molecule has 0 bridgehead atoms. The Balaban J connectivity index is 1.61. The predicted octanol–water partition coefficient (Wildman–Crippen LogP) is 1.37. The fourth-order valence-electron chi connectivity index (χ4n) is 3.32. The summed E-state index contributed by atoms with van der Waals surface area (Å²) in [6.07, 6.45) is 1.53. The van der Waals surface area contributed by atoms with Gasteiger partial charge < -0.3 is 9.47 Å². The average molecular weight is 311 g/mol. The third kappa shape index (κ3) is 3.63. The van der Waals surface area contributed by atoms with Gasteiger partial charge in [-0.3, -0.25) is 9.80 Å². The van der Waals surface area contributed by atoms with E-state index in [-0.39, 0.29) is 0 Å². The summed E-state index contributed by atoms with van der Waals surface area (Å²) in [5.41, 5.74) is 3.13. The Labute approximate surface area is 130 Å². The molecular weight excluding hydrogens is 286 g/mol. The van der Waals surface area contributed by atoms with Gasteiger partial charge in [0, 0.05) is 50.8 Å². The Morgan fingerprint density at radius 3 is 3.14 bits per heavy atom. The van der Waals surface area contributed by atoms with E-state index in [9.17, 15) is 0 Å². The molecule has 3 heterocycles. The molecule has 0 saturated carbocycles. The van der Waals surface area contributed by atoms with Crippen LogP contribution >= 0.6 is 11.3 Å². The minimum absolute atomic E-state index is 0.398. The van der Waals surface area contributed by atoms with Crippen LogP contribution in [0.2, 0.25) is 0 Å². The van der Waals surface area contributed by atoms with Crippen LogP contribution in [-0.4, -0.2) is 73.4 Å². The lowest BCUT2D eigenvalue weighted by Gasteiger charge is -2.47. The zero-order chi connectivity index (χ0) is 14.7. The highest BCUT2D eigenvalue weighted by molar-refractivity contribution is 7.09. The molecule has 6 heteroatoms. The van der Waals surface area contributed by atoms with Crippen molar-refractivity contribution in [3.8, 4) is 0 Å². The maximum atomic E-state index is 5.98. The largest absolute Gasteiger partial charge is 0.383 e. The van der Waals surface area contributed by atoms with Crippen LogP contribution in [0.5, 0.6) is 0 Å². The Morgan fingerprint density at radius 2 is 2.38 bits per heavy atom. The van der Waals surface area contributed by atoms with Gasteiger partial charge in [0.2, 0.25) is 0 Å². The third-order valence-electron chi connectivity index (χ3n) is 4.58. The van der Waals surface area contributed by atoms with Crippen molar-refractivity contribution < 1.29 is 9.47 Å². The molecule has 2 atom stereocenters. The number of nitrogens with zero attached hydrogens (tertiary/aromatic N) is 3. The van der Waals surface area contributed by atoms with Crippen molar-refractivity contribution in [3.63, 3.8) is 0 Å². The Morgan fingerprint density at radius 1 is 1.48 bits per heavy atom. The topological polar surface area (TPSA) is 37.8 Å². The number of aryl methyl sites for hydroxylation is 1. The van der Waals surface area contributed by atoms with Crippen LogP contribution in [0.25, 0.3) is 0 Å². The molecule has 0 aliphatic carbocycles. The summed E-state index contributed by atoms with van der Waals surface area (Å²) in [4.78, 5) is 10.9. The summed E-state index contributed by atoms with van der Waals surface area (Å²) >= 11 is 1.77. The van der Waals surface area contributed by atoms with E-state index < -0.39 is 0 Å². The van der Waals surface area contributed by atoms with Gasteiger partial charge >= 0.3 is 0 Å². The molecule has 118 valence electrons. The van der Waals surface area contributed by atoms with E-state index in [0.29, 0.717) is 12.1 Å². The van der Waals surface area contributed by atoms with E-state index in [4.69, 9.17) is 9.47 Å². The highest BCUT2D eigenvalue weighted by atomic mass is 32.1. The number of fused-ring (bicyclic) bond motifs is 1. The van der Waals surface area contributed by atoms with Gasteiger partial charge in [0.15, 0.2) is 0 Å². The number of piperidine rings is 1. The van der Waals surface area contributed by atoms with Gasteiger partial charge in [-0.05, 0) is 13.3 Å². The Hall–Kier alpha value is -0.530. The van der Waals surface area contributed by atoms with Crippen LogP contribution in [-0.2, 0) is 16.0 Å². The molecule has 1 aromatic heterocycles. The fourth-order valence-corrected chi connectivity index (χ4v) is 4.14. The lowest BCUT2D eigenvalue weighted by molar-refractivity contribution is -0.107. The van der Waals surface area contributed by atoms with Gasteiger partial charge in [-0.1, -0.05) is 0 Å². The van der Waals surface area contributed by atoms with Gasteiger partial charge in [0.1, 0.15) is 0 Å². The number of rotatable bonds is 5. The molecule has 2 saturated heterocycles. The highest BCUT2D eigenvalue weighted by Crippen LogP contribution is 2.25. The van der Waals surface area contributed by atoms with Crippen LogP contribution in [0.3, 0.4) is 0 Å². The summed E-state index contributed by atoms with van der Waals surface area (Å²) in [7, 11) is 1.78. The van der Waals surface area contributed by atoms with E-state index in [0.717, 1.165) is 52.4 Å². The quantitative estimate of drug-likeness (QED) is 0.821. The minimum atomic E-state index is 0.398. The van der Waals surface area contributed by atoms with Gasteiger partial charge in [-0.2, -0.15) is 0 Å². The van der Waals surface area contributed by atoms with Crippen LogP contribution in [0.15, 0.2) is 5.51 Å².